The van der Waals surface area contributed by atoms with Crippen LogP contribution in [0.4, 0.5) is 4.39 Å². The van der Waals surface area contributed by atoms with E-state index in [1.807, 2.05) is 6.92 Å². The maximum Gasteiger partial charge on any atom is 0.123 e. The summed E-state index contributed by atoms with van der Waals surface area (Å²) in [5.41, 5.74) is 1.83. The van der Waals surface area contributed by atoms with Crippen LogP contribution in [0.25, 0.3) is 0 Å². The van der Waals surface area contributed by atoms with Gasteiger partial charge in [0.1, 0.15) is 5.82 Å². The van der Waals surface area contributed by atoms with E-state index in [1.165, 1.54) is 31.4 Å². The highest BCUT2D eigenvalue weighted by atomic mass is 19.1. The monoisotopic (exact) mass is 246 g/mol. The summed E-state index contributed by atoms with van der Waals surface area (Å²) in [4.78, 5) is 0. The molecule has 4 rings (SSSR count). The molecule has 0 heterocycles. The Bertz CT molecular complexity index is 482. The van der Waals surface area contributed by atoms with Crippen molar-refractivity contribution in [3.63, 3.8) is 0 Å². The average Bonchev–Trinajstić information content (AvgIpc) is 2.79. The Morgan fingerprint density at radius 2 is 1.89 bits per heavy atom. The van der Waals surface area contributed by atoms with Gasteiger partial charge in [-0.15, -0.1) is 0 Å². The normalized spacial score (nSPS) is 41.8. The SMILES string of the molecule is Cc1ccc(F)cc1C(O)C1C2C3CCC(C3)C21. The zero-order chi connectivity index (χ0) is 12.4. The van der Waals surface area contributed by atoms with Gasteiger partial charge in [-0.1, -0.05) is 6.07 Å². The second kappa shape index (κ2) is 3.57. The van der Waals surface area contributed by atoms with Gasteiger partial charge in [0.15, 0.2) is 0 Å². The van der Waals surface area contributed by atoms with Gasteiger partial charge in [-0.3, -0.25) is 0 Å². The van der Waals surface area contributed by atoms with Crippen LogP contribution < -0.4 is 0 Å². The first-order valence-corrected chi connectivity index (χ1v) is 7.11. The Hall–Kier alpha value is -0.890. The summed E-state index contributed by atoms with van der Waals surface area (Å²) in [6.07, 6.45) is 3.66. The van der Waals surface area contributed by atoms with Crippen LogP contribution in [0.15, 0.2) is 18.2 Å². The molecule has 0 aliphatic heterocycles. The van der Waals surface area contributed by atoms with E-state index in [1.54, 1.807) is 6.07 Å². The van der Waals surface area contributed by atoms with Crippen LogP contribution in [-0.2, 0) is 0 Å². The number of aryl methyl sites for hydroxylation is 1. The summed E-state index contributed by atoms with van der Waals surface area (Å²) in [6, 6.07) is 4.78. The minimum atomic E-state index is -0.445. The van der Waals surface area contributed by atoms with E-state index < -0.39 is 6.10 Å². The molecule has 0 amide bonds. The quantitative estimate of drug-likeness (QED) is 0.847. The third kappa shape index (κ3) is 1.36. The summed E-state index contributed by atoms with van der Waals surface area (Å²) in [5, 5.41) is 10.6. The number of aliphatic hydroxyl groups excluding tert-OH is 1. The Morgan fingerprint density at radius 3 is 2.56 bits per heavy atom. The summed E-state index contributed by atoms with van der Waals surface area (Å²) < 4.78 is 13.3. The van der Waals surface area contributed by atoms with Crippen LogP contribution >= 0.6 is 0 Å². The number of aliphatic hydroxyl groups is 1. The number of rotatable bonds is 2. The van der Waals surface area contributed by atoms with Gasteiger partial charge in [-0.05, 0) is 79.0 Å². The van der Waals surface area contributed by atoms with E-state index in [0.29, 0.717) is 5.92 Å². The lowest BCUT2D eigenvalue weighted by molar-refractivity contribution is 0.129. The van der Waals surface area contributed by atoms with Gasteiger partial charge in [0.05, 0.1) is 6.10 Å². The topological polar surface area (TPSA) is 20.2 Å². The third-order valence-corrected chi connectivity index (χ3v) is 5.72. The first-order valence-electron chi connectivity index (χ1n) is 7.11. The minimum absolute atomic E-state index is 0.233. The molecule has 96 valence electrons. The van der Waals surface area contributed by atoms with Crippen molar-refractivity contribution >= 4 is 0 Å². The molecule has 5 atom stereocenters. The van der Waals surface area contributed by atoms with Crippen LogP contribution in [0.1, 0.15) is 36.5 Å². The van der Waals surface area contributed by atoms with Crippen molar-refractivity contribution in [1.82, 2.24) is 0 Å². The molecule has 18 heavy (non-hydrogen) atoms. The zero-order valence-electron chi connectivity index (χ0n) is 10.6. The molecule has 0 saturated heterocycles. The molecular formula is C16H19FO. The Morgan fingerprint density at radius 1 is 1.22 bits per heavy atom. The smallest absolute Gasteiger partial charge is 0.123 e. The van der Waals surface area contributed by atoms with Crippen molar-refractivity contribution in [3.8, 4) is 0 Å². The lowest BCUT2D eigenvalue weighted by Gasteiger charge is -2.17. The van der Waals surface area contributed by atoms with Crippen LogP contribution in [0.5, 0.6) is 0 Å². The number of benzene rings is 1. The number of halogens is 1. The largest absolute Gasteiger partial charge is 0.388 e. The van der Waals surface area contributed by atoms with Crippen LogP contribution in [0, 0.1) is 42.3 Å². The van der Waals surface area contributed by atoms with Crippen molar-refractivity contribution in [3.05, 3.63) is 35.1 Å². The van der Waals surface area contributed by atoms with Gasteiger partial charge in [-0.25, -0.2) is 4.39 Å². The molecular weight excluding hydrogens is 227 g/mol. The minimum Gasteiger partial charge on any atom is -0.388 e. The fourth-order valence-electron chi connectivity index (χ4n) is 4.95. The fraction of sp³-hybridized carbons (Fsp3) is 0.625. The van der Waals surface area contributed by atoms with Crippen LogP contribution in [0.2, 0.25) is 0 Å². The summed E-state index contributed by atoms with van der Waals surface area (Å²) >= 11 is 0. The molecule has 0 spiro atoms. The van der Waals surface area contributed by atoms with E-state index in [2.05, 4.69) is 0 Å². The highest BCUT2D eigenvalue weighted by Gasteiger charge is 2.66. The molecule has 3 saturated carbocycles. The molecule has 2 bridgehead atoms. The first-order chi connectivity index (χ1) is 8.66. The molecule has 3 aliphatic carbocycles. The molecule has 1 N–H and O–H groups in total. The zero-order valence-corrected chi connectivity index (χ0v) is 10.6. The van der Waals surface area contributed by atoms with Gasteiger partial charge in [-0.2, -0.15) is 0 Å². The molecule has 1 aromatic rings. The van der Waals surface area contributed by atoms with Gasteiger partial charge < -0.3 is 5.11 Å². The van der Waals surface area contributed by atoms with E-state index >= 15 is 0 Å². The Kier molecular flexibility index (Phi) is 2.18. The molecule has 1 aromatic carbocycles. The molecule has 0 aromatic heterocycles. The van der Waals surface area contributed by atoms with E-state index in [0.717, 1.165) is 34.8 Å². The molecule has 0 radical (unpaired) electrons. The predicted octanol–water partition coefficient (Wildman–Crippen LogP) is 3.46. The van der Waals surface area contributed by atoms with Gasteiger partial charge in [0.25, 0.3) is 0 Å². The maximum atomic E-state index is 13.3. The van der Waals surface area contributed by atoms with E-state index in [-0.39, 0.29) is 5.82 Å². The lowest BCUT2D eigenvalue weighted by Crippen LogP contribution is -2.10. The highest BCUT2D eigenvalue weighted by Crippen LogP contribution is 2.72. The summed E-state index contributed by atoms with van der Waals surface area (Å²) in [5.74, 6) is 3.37. The maximum absolute atomic E-state index is 13.3. The molecule has 2 heteroatoms. The van der Waals surface area contributed by atoms with Crippen molar-refractivity contribution < 1.29 is 9.50 Å². The van der Waals surface area contributed by atoms with Gasteiger partial charge in [0.2, 0.25) is 0 Å². The van der Waals surface area contributed by atoms with E-state index in [9.17, 15) is 9.50 Å². The fourth-order valence-corrected chi connectivity index (χ4v) is 4.95. The number of hydrogen-bond acceptors (Lipinski definition) is 1. The predicted molar refractivity (Wildman–Crippen MR) is 67.4 cm³/mol. The van der Waals surface area contributed by atoms with Gasteiger partial charge in [0, 0.05) is 0 Å². The molecule has 1 nitrogen and oxygen atoms in total. The van der Waals surface area contributed by atoms with Crippen molar-refractivity contribution in [2.45, 2.75) is 32.3 Å². The standard InChI is InChI=1S/C16H19FO/c1-8-2-5-11(17)7-12(8)16(18)15-13-9-3-4-10(6-9)14(13)15/h2,5,7,9-10,13-16,18H,3-4,6H2,1H3. The average molecular weight is 246 g/mol. The molecule has 3 aliphatic rings. The van der Waals surface area contributed by atoms with E-state index in [4.69, 9.17) is 0 Å². The van der Waals surface area contributed by atoms with Crippen molar-refractivity contribution in [1.29, 1.82) is 0 Å². The van der Waals surface area contributed by atoms with Crippen LogP contribution in [-0.4, -0.2) is 5.11 Å². The first kappa shape index (κ1) is 11.0. The Balaban J connectivity index is 1.61. The molecule has 5 unspecified atom stereocenters. The number of hydrogen-bond donors (Lipinski definition) is 1. The third-order valence-electron chi connectivity index (χ3n) is 5.72. The Labute approximate surface area is 107 Å². The van der Waals surface area contributed by atoms with Crippen LogP contribution in [0.3, 0.4) is 0 Å². The summed E-state index contributed by atoms with van der Waals surface area (Å²) in [7, 11) is 0. The second-order valence-corrected chi connectivity index (χ2v) is 6.51. The van der Waals surface area contributed by atoms with Crippen molar-refractivity contribution in [2.75, 3.05) is 0 Å². The van der Waals surface area contributed by atoms with Gasteiger partial charge >= 0.3 is 0 Å². The lowest BCUT2D eigenvalue weighted by atomic mass is 9.93. The second-order valence-electron chi connectivity index (χ2n) is 6.51. The highest BCUT2D eigenvalue weighted by molar-refractivity contribution is 5.31. The number of fused-ring (bicyclic) bond motifs is 5. The summed E-state index contributed by atoms with van der Waals surface area (Å²) in [6.45, 7) is 1.96. The van der Waals surface area contributed by atoms with Crippen molar-refractivity contribution in [2.24, 2.45) is 29.6 Å². The molecule has 3 fully saturated rings.